The standard InChI is InChI=1S/C24H26N2OS/c1-25(23(27)17-26-15-8-13-22(26)21-14-16-28-18-21)24(19-9-4-2-5-10-19)20-11-6-3-7-12-20/h2-7,9-12,14,16,18,22,24H,8,13,15,17H2,1H3. The number of likely N-dealkylation sites (tertiary alicyclic amines) is 1. The zero-order chi connectivity index (χ0) is 19.3. The van der Waals surface area contributed by atoms with Gasteiger partial charge in [-0.15, -0.1) is 0 Å². The van der Waals surface area contributed by atoms with Gasteiger partial charge in [0.25, 0.3) is 0 Å². The molecule has 1 saturated heterocycles. The number of amides is 1. The Morgan fingerprint density at radius 2 is 1.71 bits per heavy atom. The Balaban J connectivity index is 1.55. The van der Waals surface area contributed by atoms with Crippen LogP contribution < -0.4 is 0 Å². The highest BCUT2D eigenvalue weighted by atomic mass is 32.1. The van der Waals surface area contributed by atoms with Gasteiger partial charge in [-0.05, 0) is 52.9 Å². The van der Waals surface area contributed by atoms with E-state index in [1.54, 1.807) is 11.3 Å². The monoisotopic (exact) mass is 390 g/mol. The molecular weight excluding hydrogens is 364 g/mol. The van der Waals surface area contributed by atoms with Crippen molar-refractivity contribution < 1.29 is 4.79 Å². The number of benzene rings is 2. The van der Waals surface area contributed by atoms with Gasteiger partial charge in [-0.3, -0.25) is 9.69 Å². The lowest BCUT2D eigenvalue weighted by atomic mass is 9.97. The quantitative estimate of drug-likeness (QED) is 0.582. The zero-order valence-corrected chi connectivity index (χ0v) is 17.0. The molecule has 4 rings (SSSR count). The van der Waals surface area contributed by atoms with Crippen molar-refractivity contribution in [3.8, 4) is 0 Å². The molecule has 0 aliphatic carbocycles. The minimum absolute atomic E-state index is 0.0721. The Hall–Kier alpha value is -2.43. The molecule has 2 heterocycles. The topological polar surface area (TPSA) is 23.6 Å². The van der Waals surface area contributed by atoms with Crippen LogP contribution in [0.1, 0.15) is 41.6 Å². The summed E-state index contributed by atoms with van der Waals surface area (Å²) in [7, 11) is 1.93. The third kappa shape index (κ3) is 4.03. The van der Waals surface area contributed by atoms with Gasteiger partial charge in [-0.2, -0.15) is 11.3 Å². The highest BCUT2D eigenvalue weighted by Crippen LogP contribution is 2.34. The molecule has 0 radical (unpaired) electrons. The summed E-state index contributed by atoms with van der Waals surface area (Å²) in [6.07, 6.45) is 2.28. The van der Waals surface area contributed by atoms with Crippen LogP contribution in [0.15, 0.2) is 77.5 Å². The first-order valence-electron chi connectivity index (χ1n) is 9.86. The van der Waals surface area contributed by atoms with Crippen molar-refractivity contribution in [2.75, 3.05) is 20.1 Å². The van der Waals surface area contributed by atoms with Crippen LogP contribution in [0, 0.1) is 0 Å². The van der Waals surface area contributed by atoms with Crippen LogP contribution in [-0.4, -0.2) is 35.8 Å². The van der Waals surface area contributed by atoms with Crippen LogP contribution in [0.3, 0.4) is 0 Å². The van der Waals surface area contributed by atoms with Crippen molar-refractivity contribution in [2.45, 2.75) is 24.9 Å². The minimum atomic E-state index is -0.0721. The second kappa shape index (κ2) is 8.72. The van der Waals surface area contributed by atoms with E-state index in [0.717, 1.165) is 30.5 Å². The van der Waals surface area contributed by atoms with Gasteiger partial charge in [0.15, 0.2) is 0 Å². The van der Waals surface area contributed by atoms with Crippen molar-refractivity contribution in [1.82, 2.24) is 9.80 Å². The molecular formula is C24H26N2OS. The first kappa shape index (κ1) is 18.9. The maximum Gasteiger partial charge on any atom is 0.237 e. The van der Waals surface area contributed by atoms with Crippen LogP contribution >= 0.6 is 11.3 Å². The fourth-order valence-corrected chi connectivity index (χ4v) is 4.90. The number of hydrogen-bond acceptors (Lipinski definition) is 3. The van der Waals surface area contributed by atoms with Gasteiger partial charge >= 0.3 is 0 Å². The summed E-state index contributed by atoms with van der Waals surface area (Å²) in [5.41, 5.74) is 3.63. The zero-order valence-electron chi connectivity index (χ0n) is 16.2. The van der Waals surface area contributed by atoms with E-state index in [0.29, 0.717) is 12.6 Å². The molecule has 1 amide bonds. The normalized spacial score (nSPS) is 17.1. The SMILES string of the molecule is CN(C(=O)CN1CCCC1c1ccsc1)C(c1ccccc1)c1ccccc1. The number of rotatable bonds is 6. The molecule has 3 aromatic rings. The van der Waals surface area contributed by atoms with E-state index in [1.807, 2.05) is 48.3 Å². The van der Waals surface area contributed by atoms with E-state index >= 15 is 0 Å². The predicted octanol–water partition coefficient (Wildman–Crippen LogP) is 5.13. The van der Waals surface area contributed by atoms with Crippen LogP contribution in [-0.2, 0) is 4.79 Å². The molecule has 2 aromatic carbocycles. The number of hydrogen-bond donors (Lipinski definition) is 0. The van der Waals surface area contributed by atoms with Crippen molar-refractivity contribution in [2.24, 2.45) is 0 Å². The van der Waals surface area contributed by atoms with E-state index in [1.165, 1.54) is 5.56 Å². The van der Waals surface area contributed by atoms with Crippen LogP contribution in [0.25, 0.3) is 0 Å². The second-order valence-electron chi connectivity index (χ2n) is 7.41. The molecule has 28 heavy (non-hydrogen) atoms. The molecule has 0 saturated carbocycles. The van der Waals surface area contributed by atoms with Gasteiger partial charge in [0.1, 0.15) is 0 Å². The van der Waals surface area contributed by atoms with E-state index < -0.39 is 0 Å². The van der Waals surface area contributed by atoms with Gasteiger partial charge in [-0.25, -0.2) is 0 Å². The van der Waals surface area contributed by atoms with Gasteiger partial charge in [0, 0.05) is 13.1 Å². The summed E-state index contributed by atoms with van der Waals surface area (Å²) in [5.74, 6) is 0.167. The third-order valence-corrected chi connectivity index (χ3v) is 6.34. The van der Waals surface area contributed by atoms with Crippen LogP contribution in [0.4, 0.5) is 0 Å². The minimum Gasteiger partial charge on any atom is -0.334 e. The summed E-state index contributed by atoms with van der Waals surface area (Å²) in [5, 5.41) is 4.34. The maximum absolute atomic E-state index is 13.3. The molecule has 4 heteroatoms. The Morgan fingerprint density at radius 1 is 1.07 bits per heavy atom. The number of nitrogens with zero attached hydrogens (tertiary/aromatic N) is 2. The van der Waals surface area contributed by atoms with Gasteiger partial charge in [0.2, 0.25) is 5.91 Å². The highest BCUT2D eigenvalue weighted by Gasteiger charge is 2.30. The maximum atomic E-state index is 13.3. The molecule has 1 unspecified atom stereocenters. The Labute approximate surface area is 171 Å². The highest BCUT2D eigenvalue weighted by molar-refractivity contribution is 7.07. The molecule has 1 fully saturated rings. The second-order valence-corrected chi connectivity index (χ2v) is 8.19. The Bertz CT molecular complexity index is 840. The summed E-state index contributed by atoms with van der Waals surface area (Å²) in [6.45, 7) is 1.45. The third-order valence-electron chi connectivity index (χ3n) is 5.64. The molecule has 1 atom stereocenters. The first-order chi connectivity index (χ1) is 13.7. The van der Waals surface area contributed by atoms with Gasteiger partial charge in [-0.1, -0.05) is 60.7 Å². The predicted molar refractivity (Wildman–Crippen MR) is 115 cm³/mol. The fourth-order valence-electron chi connectivity index (χ4n) is 4.20. The summed E-state index contributed by atoms with van der Waals surface area (Å²) in [6, 6.07) is 23.1. The molecule has 0 spiro atoms. The number of carbonyl (C=O) groups is 1. The molecule has 3 nitrogen and oxygen atoms in total. The van der Waals surface area contributed by atoms with Crippen LogP contribution in [0.2, 0.25) is 0 Å². The molecule has 0 N–H and O–H groups in total. The van der Waals surface area contributed by atoms with Crippen molar-refractivity contribution in [1.29, 1.82) is 0 Å². The van der Waals surface area contributed by atoms with Crippen molar-refractivity contribution >= 4 is 17.2 Å². The van der Waals surface area contributed by atoms with Crippen molar-refractivity contribution in [3.05, 3.63) is 94.2 Å². The molecule has 1 aromatic heterocycles. The van der Waals surface area contributed by atoms with E-state index in [2.05, 4.69) is 46.0 Å². The number of likely N-dealkylation sites (N-methyl/N-ethyl adjacent to an activating group) is 1. The summed E-state index contributed by atoms with van der Waals surface area (Å²) >= 11 is 1.73. The summed E-state index contributed by atoms with van der Waals surface area (Å²) < 4.78 is 0. The van der Waals surface area contributed by atoms with E-state index in [4.69, 9.17) is 0 Å². The molecule has 0 bridgehead atoms. The average Bonchev–Trinajstić information content (AvgIpc) is 3.41. The van der Waals surface area contributed by atoms with Crippen LogP contribution in [0.5, 0.6) is 0 Å². The largest absolute Gasteiger partial charge is 0.334 e. The number of carbonyl (C=O) groups excluding carboxylic acids is 1. The van der Waals surface area contributed by atoms with Gasteiger partial charge < -0.3 is 4.90 Å². The Morgan fingerprint density at radius 3 is 2.29 bits per heavy atom. The van der Waals surface area contributed by atoms with E-state index in [9.17, 15) is 4.79 Å². The van der Waals surface area contributed by atoms with E-state index in [-0.39, 0.29) is 11.9 Å². The first-order valence-corrected chi connectivity index (χ1v) is 10.8. The molecule has 1 aliphatic rings. The fraction of sp³-hybridized carbons (Fsp3) is 0.292. The molecule has 1 aliphatic heterocycles. The lowest BCUT2D eigenvalue weighted by Crippen LogP contribution is -2.40. The molecule has 144 valence electrons. The lowest BCUT2D eigenvalue weighted by molar-refractivity contribution is -0.132. The number of thiophene rings is 1. The van der Waals surface area contributed by atoms with Crippen molar-refractivity contribution in [3.63, 3.8) is 0 Å². The Kier molecular flexibility index (Phi) is 5.89. The summed E-state index contributed by atoms with van der Waals surface area (Å²) in [4.78, 5) is 17.5. The lowest BCUT2D eigenvalue weighted by Gasteiger charge is -2.32. The smallest absolute Gasteiger partial charge is 0.237 e. The average molecular weight is 391 g/mol. The van der Waals surface area contributed by atoms with Gasteiger partial charge in [0.05, 0.1) is 12.6 Å².